The van der Waals surface area contributed by atoms with Crippen LogP contribution in [0.25, 0.3) is 6.08 Å². The normalized spacial score (nSPS) is 13.7. The van der Waals surface area contributed by atoms with Gasteiger partial charge in [0, 0.05) is 5.56 Å². The quantitative estimate of drug-likeness (QED) is 0.353. The van der Waals surface area contributed by atoms with Crippen LogP contribution in [0.5, 0.6) is 17.2 Å². The Balaban J connectivity index is 1.48. The van der Waals surface area contributed by atoms with E-state index in [-0.39, 0.29) is 18.2 Å². The summed E-state index contributed by atoms with van der Waals surface area (Å²) < 4.78 is 26.5. The lowest BCUT2D eigenvalue weighted by Crippen LogP contribution is -2.05. The van der Waals surface area contributed by atoms with Crippen LogP contribution in [0.4, 0.5) is 0 Å². The summed E-state index contributed by atoms with van der Waals surface area (Å²) in [6.07, 6.45) is 1.62. The van der Waals surface area contributed by atoms with Gasteiger partial charge in [0.1, 0.15) is 12.4 Å². The van der Waals surface area contributed by atoms with Gasteiger partial charge in [0.2, 0.25) is 5.90 Å². The van der Waals surface area contributed by atoms with Crippen molar-refractivity contribution in [2.45, 2.75) is 6.61 Å². The number of esters is 2. The van der Waals surface area contributed by atoms with E-state index in [4.69, 9.17) is 23.7 Å². The van der Waals surface area contributed by atoms with Gasteiger partial charge in [-0.2, -0.15) is 0 Å². The monoisotopic (exact) mass is 473 g/mol. The summed E-state index contributed by atoms with van der Waals surface area (Å²) in [5.41, 5.74) is 2.89. The van der Waals surface area contributed by atoms with E-state index < -0.39 is 11.9 Å². The summed E-state index contributed by atoms with van der Waals surface area (Å²) in [4.78, 5) is 28.2. The van der Waals surface area contributed by atoms with Crippen LogP contribution in [0.3, 0.4) is 0 Å². The molecule has 4 rings (SSSR count). The van der Waals surface area contributed by atoms with Crippen LogP contribution in [0.2, 0.25) is 0 Å². The van der Waals surface area contributed by atoms with E-state index in [9.17, 15) is 9.59 Å². The second kappa shape index (κ2) is 10.6. The van der Waals surface area contributed by atoms with Crippen molar-refractivity contribution in [2.75, 3.05) is 21.3 Å². The van der Waals surface area contributed by atoms with Gasteiger partial charge in [-0.3, -0.25) is 0 Å². The van der Waals surface area contributed by atoms with Crippen LogP contribution < -0.4 is 14.2 Å². The fourth-order valence-electron chi connectivity index (χ4n) is 3.33. The Morgan fingerprint density at radius 3 is 2.31 bits per heavy atom. The molecule has 35 heavy (non-hydrogen) atoms. The molecule has 0 amide bonds. The fourth-order valence-corrected chi connectivity index (χ4v) is 3.33. The Morgan fingerprint density at radius 1 is 0.914 bits per heavy atom. The highest BCUT2D eigenvalue weighted by Crippen LogP contribution is 2.30. The third kappa shape index (κ3) is 5.50. The molecule has 0 saturated carbocycles. The highest BCUT2D eigenvalue weighted by molar-refractivity contribution is 6.12. The first-order valence-corrected chi connectivity index (χ1v) is 10.7. The van der Waals surface area contributed by atoms with Gasteiger partial charge in [0.05, 0.1) is 26.9 Å². The SMILES string of the molecule is COC(=O)c1ccc(COc2ccc(/C=C3/N=C(c4ccc(OC)cc4)OC3=O)cc2OC)cc1. The third-order valence-corrected chi connectivity index (χ3v) is 5.22. The smallest absolute Gasteiger partial charge is 0.363 e. The van der Waals surface area contributed by atoms with Crippen molar-refractivity contribution in [2.24, 2.45) is 4.99 Å². The van der Waals surface area contributed by atoms with Crippen LogP contribution in [-0.2, 0) is 20.9 Å². The van der Waals surface area contributed by atoms with Crippen molar-refractivity contribution in [1.82, 2.24) is 0 Å². The van der Waals surface area contributed by atoms with Gasteiger partial charge < -0.3 is 23.7 Å². The molecule has 0 bridgehead atoms. The molecule has 0 fully saturated rings. The number of rotatable bonds is 8. The minimum atomic E-state index is -0.537. The number of hydrogen-bond acceptors (Lipinski definition) is 8. The molecule has 0 radical (unpaired) electrons. The summed E-state index contributed by atoms with van der Waals surface area (Å²) >= 11 is 0. The average molecular weight is 473 g/mol. The molecule has 1 aliphatic heterocycles. The molecular formula is C27H23NO7. The maximum absolute atomic E-state index is 12.3. The number of hydrogen-bond donors (Lipinski definition) is 0. The highest BCUT2D eigenvalue weighted by atomic mass is 16.6. The Kier molecular flexibility index (Phi) is 7.11. The van der Waals surface area contributed by atoms with Gasteiger partial charge in [0.15, 0.2) is 17.2 Å². The van der Waals surface area contributed by atoms with Crippen molar-refractivity contribution < 1.29 is 33.3 Å². The molecule has 8 nitrogen and oxygen atoms in total. The Hall–Kier alpha value is -4.59. The van der Waals surface area contributed by atoms with E-state index in [0.717, 1.165) is 5.56 Å². The van der Waals surface area contributed by atoms with Crippen molar-refractivity contribution in [3.05, 3.63) is 94.7 Å². The molecule has 0 aromatic heterocycles. The lowest BCUT2D eigenvalue weighted by molar-refractivity contribution is -0.129. The topological polar surface area (TPSA) is 92.7 Å². The van der Waals surface area contributed by atoms with Gasteiger partial charge in [-0.05, 0) is 65.7 Å². The second-order valence-corrected chi connectivity index (χ2v) is 7.45. The van der Waals surface area contributed by atoms with Crippen LogP contribution in [0, 0.1) is 0 Å². The number of benzene rings is 3. The van der Waals surface area contributed by atoms with E-state index in [1.807, 2.05) is 0 Å². The average Bonchev–Trinajstić information content (AvgIpc) is 3.27. The molecule has 0 atom stereocenters. The maximum atomic E-state index is 12.3. The van der Waals surface area contributed by atoms with E-state index in [2.05, 4.69) is 4.99 Å². The molecule has 3 aromatic carbocycles. The molecule has 1 aliphatic rings. The van der Waals surface area contributed by atoms with Crippen molar-refractivity contribution >= 4 is 23.9 Å². The molecule has 178 valence electrons. The van der Waals surface area contributed by atoms with Crippen LogP contribution in [-0.4, -0.2) is 39.2 Å². The summed E-state index contributed by atoms with van der Waals surface area (Å²) in [6, 6.07) is 19.3. The molecular weight excluding hydrogens is 450 g/mol. The van der Waals surface area contributed by atoms with Gasteiger partial charge in [-0.25, -0.2) is 14.6 Å². The molecule has 8 heteroatoms. The summed E-state index contributed by atoms with van der Waals surface area (Å²) in [5.74, 6) is 1.02. The first-order chi connectivity index (χ1) is 17.0. The predicted octanol–water partition coefficient (Wildman–Crippen LogP) is 4.41. The van der Waals surface area contributed by atoms with E-state index in [1.165, 1.54) is 14.2 Å². The standard InChI is InChI=1S/C27H23NO7/c1-31-21-11-9-19(10-12-21)25-28-22(27(30)35-25)14-18-6-13-23(24(15-18)32-2)34-16-17-4-7-20(8-5-17)26(29)33-3/h4-15H,16H2,1-3H3/b22-14+. The lowest BCUT2D eigenvalue weighted by Gasteiger charge is -2.12. The zero-order valence-corrected chi connectivity index (χ0v) is 19.4. The number of ether oxygens (including phenoxy) is 5. The van der Waals surface area contributed by atoms with E-state index >= 15 is 0 Å². The molecule has 3 aromatic rings. The highest BCUT2D eigenvalue weighted by Gasteiger charge is 2.24. The maximum Gasteiger partial charge on any atom is 0.363 e. The minimum Gasteiger partial charge on any atom is -0.497 e. The zero-order chi connectivity index (χ0) is 24.8. The number of aliphatic imine (C=N–C) groups is 1. The van der Waals surface area contributed by atoms with Crippen LogP contribution in [0.1, 0.15) is 27.0 Å². The Bertz CT molecular complexity index is 1290. The molecule has 0 aliphatic carbocycles. The number of cyclic esters (lactones) is 1. The van der Waals surface area contributed by atoms with Crippen LogP contribution in [0.15, 0.2) is 77.4 Å². The molecule has 1 heterocycles. The first kappa shape index (κ1) is 23.6. The van der Waals surface area contributed by atoms with Gasteiger partial charge >= 0.3 is 11.9 Å². The summed E-state index contributed by atoms with van der Waals surface area (Å²) in [5, 5.41) is 0. The largest absolute Gasteiger partial charge is 0.497 e. The Labute approximate surface area is 202 Å². The van der Waals surface area contributed by atoms with E-state index in [1.54, 1.807) is 79.9 Å². The third-order valence-electron chi connectivity index (χ3n) is 5.22. The predicted molar refractivity (Wildman–Crippen MR) is 129 cm³/mol. The molecule has 0 unspecified atom stereocenters. The number of nitrogens with zero attached hydrogens (tertiary/aromatic N) is 1. The van der Waals surface area contributed by atoms with Crippen molar-refractivity contribution in [3.63, 3.8) is 0 Å². The molecule has 0 spiro atoms. The second-order valence-electron chi connectivity index (χ2n) is 7.45. The minimum absolute atomic E-state index is 0.178. The van der Waals surface area contributed by atoms with Gasteiger partial charge in [-0.1, -0.05) is 18.2 Å². The first-order valence-electron chi connectivity index (χ1n) is 10.7. The van der Waals surface area contributed by atoms with E-state index in [0.29, 0.717) is 33.9 Å². The summed E-state index contributed by atoms with van der Waals surface area (Å²) in [7, 11) is 4.46. The van der Waals surface area contributed by atoms with Gasteiger partial charge in [-0.15, -0.1) is 0 Å². The number of carbonyl (C=O) groups excluding carboxylic acids is 2. The van der Waals surface area contributed by atoms with Gasteiger partial charge in [0.25, 0.3) is 0 Å². The zero-order valence-electron chi connectivity index (χ0n) is 19.4. The number of methoxy groups -OCH3 is 3. The fraction of sp³-hybridized carbons (Fsp3) is 0.148. The Morgan fingerprint density at radius 2 is 1.66 bits per heavy atom. The molecule has 0 N–H and O–H groups in total. The van der Waals surface area contributed by atoms with Crippen LogP contribution >= 0.6 is 0 Å². The van der Waals surface area contributed by atoms with Crippen molar-refractivity contribution in [3.8, 4) is 17.2 Å². The number of carbonyl (C=O) groups is 2. The molecule has 0 saturated heterocycles. The summed E-state index contributed by atoms with van der Waals surface area (Å²) in [6.45, 7) is 0.278. The van der Waals surface area contributed by atoms with Crippen molar-refractivity contribution in [1.29, 1.82) is 0 Å². The lowest BCUT2D eigenvalue weighted by atomic mass is 10.1.